The minimum Gasteiger partial charge on any atom is -0.480 e. The molecule has 0 aromatic heterocycles. The molecule has 2 aromatic rings. The summed E-state index contributed by atoms with van der Waals surface area (Å²) in [4.78, 5) is 35.8. The van der Waals surface area contributed by atoms with E-state index in [4.69, 9.17) is 14.9 Å². The number of aliphatic hydroxyl groups is 1. The molecule has 0 saturated carbocycles. The fourth-order valence-corrected chi connectivity index (χ4v) is 4.01. The van der Waals surface area contributed by atoms with Crippen molar-refractivity contribution < 1.29 is 29.3 Å². The van der Waals surface area contributed by atoms with E-state index < -0.39 is 36.5 Å². The molecule has 0 aliphatic heterocycles. The van der Waals surface area contributed by atoms with Gasteiger partial charge in [-0.2, -0.15) is 0 Å². The van der Waals surface area contributed by atoms with Gasteiger partial charge in [0.2, 0.25) is 5.91 Å². The van der Waals surface area contributed by atoms with Gasteiger partial charge in [0.25, 0.3) is 0 Å². The largest absolute Gasteiger partial charge is 0.480 e. The summed E-state index contributed by atoms with van der Waals surface area (Å²) in [5.74, 6) is -2.55. The number of amides is 2. The van der Waals surface area contributed by atoms with Crippen LogP contribution in [-0.4, -0.2) is 54.0 Å². The van der Waals surface area contributed by atoms with Gasteiger partial charge in [0.1, 0.15) is 12.6 Å². The van der Waals surface area contributed by atoms with E-state index in [9.17, 15) is 14.4 Å². The predicted molar refractivity (Wildman–Crippen MR) is 118 cm³/mol. The second kappa shape index (κ2) is 10.8. The summed E-state index contributed by atoms with van der Waals surface area (Å²) >= 11 is 0. The Morgan fingerprint density at radius 2 is 1.62 bits per heavy atom. The number of benzene rings is 2. The molecule has 1 unspecified atom stereocenters. The molecule has 1 aliphatic carbocycles. The van der Waals surface area contributed by atoms with E-state index >= 15 is 0 Å². The van der Waals surface area contributed by atoms with Crippen LogP contribution in [0.2, 0.25) is 0 Å². The van der Waals surface area contributed by atoms with Gasteiger partial charge in [-0.3, -0.25) is 4.79 Å². The zero-order chi connectivity index (χ0) is 23.1. The van der Waals surface area contributed by atoms with Crippen molar-refractivity contribution in [3.8, 4) is 11.1 Å². The van der Waals surface area contributed by atoms with Crippen molar-refractivity contribution in [2.45, 2.75) is 31.7 Å². The molecule has 1 aliphatic rings. The Morgan fingerprint density at radius 1 is 1.03 bits per heavy atom. The van der Waals surface area contributed by atoms with Crippen molar-refractivity contribution in [2.24, 2.45) is 5.92 Å². The van der Waals surface area contributed by atoms with Gasteiger partial charge in [-0.15, -0.1) is 0 Å². The van der Waals surface area contributed by atoms with Crippen molar-refractivity contribution >= 4 is 18.0 Å². The first kappa shape index (κ1) is 23.3. The van der Waals surface area contributed by atoms with Crippen molar-refractivity contribution in [2.75, 3.05) is 19.8 Å². The maximum atomic E-state index is 12.4. The van der Waals surface area contributed by atoms with Crippen LogP contribution in [0, 0.1) is 5.92 Å². The lowest BCUT2D eigenvalue weighted by Gasteiger charge is -2.20. The predicted octanol–water partition coefficient (Wildman–Crippen LogP) is 2.50. The molecule has 8 nitrogen and oxygen atoms in total. The van der Waals surface area contributed by atoms with Crippen LogP contribution < -0.4 is 10.6 Å². The summed E-state index contributed by atoms with van der Waals surface area (Å²) in [6.07, 6.45) is 0.479. The maximum Gasteiger partial charge on any atom is 0.407 e. The number of hydrogen-bond donors (Lipinski definition) is 4. The third-order valence-electron chi connectivity index (χ3n) is 5.64. The maximum absolute atomic E-state index is 12.4. The van der Waals surface area contributed by atoms with Gasteiger partial charge in [-0.25, -0.2) is 9.59 Å². The molecule has 0 bridgehead atoms. The van der Waals surface area contributed by atoms with E-state index in [1.54, 1.807) is 0 Å². The number of fused-ring (bicyclic) bond motifs is 3. The number of hydrogen-bond acceptors (Lipinski definition) is 5. The van der Waals surface area contributed by atoms with Crippen LogP contribution in [0.5, 0.6) is 0 Å². The number of alkyl carbamates (subject to hydrolysis) is 1. The number of carbonyl (C=O) groups excluding carboxylic acids is 2. The highest BCUT2D eigenvalue weighted by Gasteiger charge is 2.29. The van der Waals surface area contributed by atoms with Crippen molar-refractivity contribution in [3.63, 3.8) is 0 Å². The van der Waals surface area contributed by atoms with Crippen molar-refractivity contribution in [1.29, 1.82) is 0 Å². The van der Waals surface area contributed by atoms with Gasteiger partial charge in [0.15, 0.2) is 0 Å². The van der Waals surface area contributed by atoms with Gasteiger partial charge in [-0.05, 0) is 28.7 Å². The molecule has 2 aromatic carbocycles. The molecular formula is C24H28N2O6. The first-order chi connectivity index (χ1) is 15.5. The number of carboxylic acid groups (broad SMARTS) is 1. The van der Waals surface area contributed by atoms with Crippen molar-refractivity contribution in [3.05, 3.63) is 59.7 Å². The third-order valence-corrected chi connectivity index (χ3v) is 5.64. The lowest BCUT2D eigenvalue weighted by atomic mass is 9.98. The average molecular weight is 440 g/mol. The molecule has 0 fully saturated rings. The lowest BCUT2D eigenvalue weighted by Crippen LogP contribution is -2.48. The standard InChI is InChI=1S/C24H28N2O6/c1-2-7-15(22(28)26-21(13-27)23(29)30)12-25-24(31)32-14-20-18-10-5-3-8-16(18)17-9-4-6-11-19(17)20/h3-6,8-11,15,20-21,27H,2,7,12-14H2,1H3,(H,25,31)(H,26,28)(H,29,30)/t15?,21-/m1/s1. The molecule has 0 radical (unpaired) electrons. The van der Waals surface area contributed by atoms with Gasteiger partial charge < -0.3 is 25.6 Å². The van der Waals surface area contributed by atoms with Gasteiger partial charge in [-0.1, -0.05) is 61.9 Å². The SMILES string of the molecule is CCCC(CNC(=O)OCC1c2ccccc2-c2ccccc21)C(=O)N[C@H](CO)C(=O)O. The van der Waals surface area contributed by atoms with Crippen LogP contribution in [0.25, 0.3) is 11.1 Å². The Hall–Kier alpha value is -3.39. The van der Waals surface area contributed by atoms with Crippen LogP contribution in [0.4, 0.5) is 4.79 Å². The highest BCUT2D eigenvalue weighted by molar-refractivity contribution is 5.85. The Kier molecular flexibility index (Phi) is 7.83. The minimum absolute atomic E-state index is 0.00805. The topological polar surface area (TPSA) is 125 Å². The molecule has 0 saturated heterocycles. The fraction of sp³-hybridized carbons (Fsp3) is 0.375. The zero-order valence-electron chi connectivity index (χ0n) is 17.9. The average Bonchev–Trinajstić information content (AvgIpc) is 3.12. The smallest absolute Gasteiger partial charge is 0.407 e. The molecule has 170 valence electrons. The number of aliphatic hydroxyl groups excluding tert-OH is 1. The van der Waals surface area contributed by atoms with Crippen LogP contribution in [0.15, 0.2) is 48.5 Å². The molecular weight excluding hydrogens is 412 g/mol. The first-order valence-corrected chi connectivity index (χ1v) is 10.7. The zero-order valence-corrected chi connectivity index (χ0v) is 17.9. The van der Waals surface area contributed by atoms with Crippen LogP contribution in [-0.2, 0) is 14.3 Å². The minimum atomic E-state index is -1.38. The highest BCUT2D eigenvalue weighted by atomic mass is 16.5. The lowest BCUT2D eigenvalue weighted by molar-refractivity contribution is -0.143. The van der Waals surface area contributed by atoms with Gasteiger partial charge >= 0.3 is 12.1 Å². The second-order valence-electron chi connectivity index (χ2n) is 7.77. The quantitative estimate of drug-likeness (QED) is 0.450. The molecule has 32 heavy (non-hydrogen) atoms. The molecule has 2 amide bonds. The number of nitrogens with one attached hydrogen (secondary N) is 2. The molecule has 0 heterocycles. The van der Waals surface area contributed by atoms with Crippen LogP contribution >= 0.6 is 0 Å². The number of carbonyl (C=O) groups is 3. The monoisotopic (exact) mass is 440 g/mol. The second-order valence-corrected chi connectivity index (χ2v) is 7.77. The first-order valence-electron chi connectivity index (χ1n) is 10.7. The Labute approximate surface area is 186 Å². The van der Waals surface area contributed by atoms with E-state index in [1.807, 2.05) is 43.3 Å². The van der Waals surface area contributed by atoms with Gasteiger partial charge in [0, 0.05) is 12.5 Å². The summed E-state index contributed by atoms with van der Waals surface area (Å²) in [6.45, 7) is 1.35. The Morgan fingerprint density at radius 3 is 2.16 bits per heavy atom. The molecule has 0 spiro atoms. The van der Waals surface area contributed by atoms with Crippen LogP contribution in [0.1, 0.15) is 36.8 Å². The number of aliphatic carboxylic acids is 1. The third kappa shape index (κ3) is 5.26. The molecule has 4 N–H and O–H groups in total. The summed E-state index contributed by atoms with van der Waals surface area (Å²) in [6, 6.07) is 14.7. The van der Waals surface area contributed by atoms with E-state index in [2.05, 4.69) is 22.8 Å². The number of rotatable bonds is 10. The van der Waals surface area contributed by atoms with E-state index in [1.165, 1.54) is 0 Å². The van der Waals surface area contributed by atoms with Gasteiger partial charge in [0.05, 0.1) is 12.5 Å². The Bertz CT molecular complexity index is 931. The van der Waals surface area contributed by atoms with Crippen LogP contribution in [0.3, 0.4) is 0 Å². The number of carboxylic acids is 1. The van der Waals surface area contributed by atoms with Crippen molar-refractivity contribution in [1.82, 2.24) is 10.6 Å². The molecule has 8 heteroatoms. The highest BCUT2D eigenvalue weighted by Crippen LogP contribution is 2.44. The van der Waals surface area contributed by atoms with E-state index in [0.29, 0.717) is 12.8 Å². The summed E-state index contributed by atoms with van der Waals surface area (Å²) in [5, 5.41) is 23.0. The molecule has 3 rings (SSSR count). The normalized spacial score (nSPS) is 14.1. The van der Waals surface area contributed by atoms with E-state index in [0.717, 1.165) is 22.3 Å². The fourth-order valence-electron chi connectivity index (χ4n) is 4.01. The molecule has 2 atom stereocenters. The summed E-state index contributed by atoms with van der Waals surface area (Å²) in [7, 11) is 0. The van der Waals surface area contributed by atoms with E-state index in [-0.39, 0.29) is 19.1 Å². The number of ether oxygens (including phenoxy) is 1. The Balaban J connectivity index is 1.57. The summed E-state index contributed by atoms with van der Waals surface area (Å²) < 4.78 is 5.47. The summed E-state index contributed by atoms with van der Waals surface area (Å²) in [5.41, 5.74) is 4.48.